The van der Waals surface area contributed by atoms with Crippen LogP contribution in [0.3, 0.4) is 0 Å². The molecule has 2 rings (SSSR count). The second-order valence-electron chi connectivity index (χ2n) is 3.34. The number of primary amides is 1. The zero-order valence-electron chi connectivity index (χ0n) is 8.87. The van der Waals surface area contributed by atoms with Crippen LogP contribution < -0.4 is 10.8 Å². The number of fused-ring (bicyclic) bond motifs is 1. The standard InChI is InChI=1S/C8H7ClN5O3P/c9-6-1-4(2-11-18(16)17)14-3-5(7(10)15)12-8(14)13-6/h1,3H,2H2,(H3-,10,11,15,16,17)/p+1. The molecule has 18 heavy (non-hydrogen) atoms. The first-order valence-corrected chi connectivity index (χ1v) is 6.30. The van der Waals surface area contributed by atoms with Gasteiger partial charge in [-0.3, -0.25) is 9.20 Å². The van der Waals surface area contributed by atoms with Crippen LogP contribution in [0.4, 0.5) is 0 Å². The average molecular weight is 289 g/mol. The van der Waals surface area contributed by atoms with Gasteiger partial charge < -0.3 is 5.73 Å². The van der Waals surface area contributed by atoms with Crippen molar-refractivity contribution in [1.29, 1.82) is 0 Å². The van der Waals surface area contributed by atoms with Crippen molar-refractivity contribution in [3.63, 3.8) is 0 Å². The monoisotopic (exact) mass is 288 g/mol. The molecule has 2 aromatic heterocycles. The van der Waals surface area contributed by atoms with Gasteiger partial charge in [0.25, 0.3) is 5.91 Å². The molecule has 2 aromatic rings. The van der Waals surface area contributed by atoms with Crippen molar-refractivity contribution in [1.82, 2.24) is 19.5 Å². The number of imidazole rings is 1. The van der Waals surface area contributed by atoms with Gasteiger partial charge in [0, 0.05) is 11.9 Å². The average Bonchev–Trinajstić information content (AvgIpc) is 2.69. The molecule has 0 aliphatic rings. The maximum absolute atomic E-state index is 11.0. The van der Waals surface area contributed by atoms with E-state index in [1.165, 1.54) is 16.7 Å². The van der Waals surface area contributed by atoms with Crippen molar-refractivity contribution < 1.29 is 14.3 Å². The van der Waals surface area contributed by atoms with Gasteiger partial charge in [-0.15, -0.1) is 4.89 Å². The fraction of sp³-hybridized carbons (Fsp3) is 0.125. The largest absolute Gasteiger partial charge is 0.610 e. The number of carbonyl (C=O) groups excluding carboxylic acids is 1. The zero-order valence-corrected chi connectivity index (χ0v) is 10.5. The molecule has 8 nitrogen and oxygen atoms in total. The summed E-state index contributed by atoms with van der Waals surface area (Å²) in [7, 11) is -2.48. The maximum Gasteiger partial charge on any atom is 0.610 e. The van der Waals surface area contributed by atoms with Crippen LogP contribution in [0.15, 0.2) is 12.3 Å². The molecule has 1 atom stereocenters. The highest BCUT2D eigenvalue weighted by Gasteiger charge is 2.15. The van der Waals surface area contributed by atoms with Crippen LogP contribution in [0.25, 0.3) is 5.78 Å². The third kappa shape index (κ3) is 2.62. The molecule has 2 heterocycles. The first-order valence-electron chi connectivity index (χ1n) is 4.71. The summed E-state index contributed by atoms with van der Waals surface area (Å²) in [6, 6.07) is 1.49. The second kappa shape index (κ2) is 4.95. The van der Waals surface area contributed by atoms with E-state index in [1.807, 2.05) is 0 Å². The summed E-state index contributed by atoms with van der Waals surface area (Å²) in [5, 5.41) is 2.49. The van der Waals surface area contributed by atoms with Crippen LogP contribution in [0.5, 0.6) is 0 Å². The maximum atomic E-state index is 11.0. The molecule has 10 heteroatoms. The lowest BCUT2D eigenvalue weighted by Gasteiger charge is -2.01. The Morgan fingerprint density at radius 2 is 2.33 bits per heavy atom. The minimum atomic E-state index is -2.48. The summed E-state index contributed by atoms with van der Waals surface area (Å²) in [6.07, 6.45) is 1.39. The molecule has 0 saturated carbocycles. The summed E-state index contributed by atoms with van der Waals surface area (Å²) in [5.41, 5.74) is 5.68. The molecule has 1 unspecified atom stereocenters. The SMILES string of the molecule is NC(=O)c1cn2c(CN[P+](=O)O)cc(Cl)nc2n1. The van der Waals surface area contributed by atoms with Crippen LogP contribution >= 0.6 is 19.8 Å². The number of nitrogens with one attached hydrogen (secondary N) is 1. The first kappa shape index (κ1) is 12.8. The van der Waals surface area contributed by atoms with E-state index >= 15 is 0 Å². The molecule has 0 radical (unpaired) electrons. The molecule has 0 bridgehead atoms. The Morgan fingerprint density at radius 1 is 1.61 bits per heavy atom. The van der Waals surface area contributed by atoms with Crippen molar-refractivity contribution in [2.45, 2.75) is 6.54 Å². The number of nitrogens with two attached hydrogens (primary N) is 1. The van der Waals surface area contributed by atoms with Gasteiger partial charge >= 0.3 is 8.18 Å². The summed E-state index contributed by atoms with van der Waals surface area (Å²) in [5.74, 6) is -0.495. The van der Waals surface area contributed by atoms with E-state index in [4.69, 9.17) is 22.2 Å². The summed E-state index contributed by atoms with van der Waals surface area (Å²) >= 11 is 5.78. The van der Waals surface area contributed by atoms with Gasteiger partial charge in [0.15, 0.2) is 0 Å². The topological polar surface area (TPSA) is 123 Å². The molecule has 1 amide bonds. The van der Waals surface area contributed by atoms with E-state index in [0.717, 1.165) is 0 Å². The van der Waals surface area contributed by atoms with Crippen molar-refractivity contribution in [2.24, 2.45) is 5.73 Å². The number of halogens is 1. The second-order valence-corrected chi connectivity index (χ2v) is 4.59. The fourth-order valence-corrected chi connectivity index (χ4v) is 1.90. The van der Waals surface area contributed by atoms with Crippen LogP contribution in [0, 0.1) is 0 Å². The number of rotatable bonds is 4. The Morgan fingerprint density at radius 3 is 2.94 bits per heavy atom. The lowest BCUT2D eigenvalue weighted by Crippen LogP contribution is -2.11. The smallest absolute Gasteiger partial charge is 0.364 e. The van der Waals surface area contributed by atoms with Gasteiger partial charge in [0.2, 0.25) is 5.78 Å². The minimum Gasteiger partial charge on any atom is -0.364 e. The predicted octanol–water partition coefficient (Wildman–Crippen LogP) is 0.221. The fourth-order valence-electron chi connectivity index (χ4n) is 1.40. The normalized spacial score (nSPS) is 11.8. The van der Waals surface area contributed by atoms with Crippen LogP contribution in [-0.2, 0) is 11.1 Å². The highest BCUT2D eigenvalue weighted by atomic mass is 35.5. The van der Waals surface area contributed by atoms with Gasteiger partial charge in [0.05, 0.1) is 6.54 Å². The summed E-state index contributed by atoms with van der Waals surface area (Å²) in [4.78, 5) is 27.5. The molecule has 4 N–H and O–H groups in total. The molecule has 0 aliphatic carbocycles. The van der Waals surface area contributed by atoms with E-state index < -0.39 is 14.1 Å². The Balaban J connectivity index is 2.50. The third-order valence-electron chi connectivity index (χ3n) is 2.14. The summed E-state index contributed by atoms with van der Waals surface area (Å²) in [6.45, 7) is 0.0685. The van der Waals surface area contributed by atoms with E-state index in [9.17, 15) is 9.36 Å². The van der Waals surface area contributed by atoms with Crippen LogP contribution in [0.2, 0.25) is 5.15 Å². The van der Waals surface area contributed by atoms with Crippen molar-refractivity contribution >= 4 is 31.5 Å². The summed E-state index contributed by atoms with van der Waals surface area (Å²) < 4.78 is 12.1. The van der Waals surface area contributed by atoms with Crippen molar-refractivity contribution in [2.75, 3.05) is 0 Å². The van der Waals surface area contributed by atoms with Crippen LogP contribution in [-0.4, -0.2) is 25.2 Å². The van der Waals surface area contributed by atoms with E-state index in [0.29, 0.717) is 5.69 Å². The van der Waals surface area contributed by atoms with E-state index in [1.54, 1.807) is 0 Å². The molecule has 0 spiro atoms. The zero-order chi connectivity index (χ0) is 13.3. The molecular formula is C8H8ClN5O3P+. The van der Waals surface area contributed by atoms with Crippen LogP contribution in [0.1, 0.15) is 16.2 Å². The molecule has 0 saturated heterocycles. The van der Waals surface area contributed by atoms with Gasteiger partial charge in [0.1, 0.15) is 10.8 Å². The Kier molecular flexibility index (Phi) is 3.53. The Hall–Kier alpha value is -1.60. The third-order valence-corrected chi connectivity index (χ3v) is 2.76. The van der Waals surface area contributed by atoms with Crippen molar-refractivity contribution in [3.8, 4) is 0 Å². The van der Waals surface area contributed by atoms with E-state index in [2.05, 4.69) is 15.1 Å². The lowest BCUT2D eigenvalue weighted by atomic mass is 10.4. The highest BCUT2D eigenvalue weighted by molar-refractivity contribution is 7.35. The number of amides is 1. The van der Waals surface area contributed by atoms with Gasteiger partial charge in [-0.1, -0.05) is 16.7 Å². The quantitative estimate of drug-likeness (QED) is 0.546. The van der Waals surface area contributed by atoms with Gasteiger partial charge in [-0.2, -0.15) is 0 Å². The number of hydrogen-bond acceptors (Lipinski definition) is 4. The van der Waals surface area contributed by atoms with Gasteiger partial charge in [-0.05, 0) is 10.6 Å². The minimum absolute atomic E-state index is 0.0411. The molecule has 94 valence electrons. The number of nitrogens with zero attached hydrogens (tertiary/aromatic N) is 3. The van der Waals surface area contributed by atoms with E-state index in [-0.39, 0.29) is 23.2 Å². The Labute approximate surface area is 107 Å². The molecule has 0 fully saturated rings. The number of carbonyl (C=O) groups is 1. The number of hydrogen-bond donors (Lipinski definition) is 3. The molecule has 0 aliphatic heterocycles. The van der Waals surface area contributed by atoms with Crippen molar-refractivity contribution in [3.05, 3.63) is 28.8 Å². The van der Waals surface area contributed by atoms with Gasteiger partial charge in [-0.25, -0.2) is 9.97 Å². The molecular weight excluding hydrogens is 281 g/mol. The first-order chi connectivity index (χ1) is 8.47. The lowest BCUT2D eigenvalue weighted by molar-refractivity contribution is 0.0996. The number of aromatic nitrogens is 3. The predicted molar refractivity (Wildman–Crippen MR) is 63.2 cm³/mol. The highest BCUT2D eigenvalue weighted by Crippen LogP contribution is 2.15. The molecule has 0 aromatic carbocycles. The Bertz CT molecular complexity index is 643.